The van der Waals surface area contributed by atoms with Gasteiger partial charge in [-0.15, -0.1) is 0 Å². The number of rotatable bonds is 5. The van der Waals surface area contributed by atoms with Gasteiger partial charge in [-0.25, -0.2) is 8.42 Å². The Morgan fingerprint density at radius 3 is 2.39 bits per heavy atom. The Bertz CT molecular complexity index is 345. The van der Waals surface area contributed by atoms with Crippen LogP contribution in [0.3, 0.4) is 0 Å². The van der Waals surface area contributed by atoms with Crippen molar-refractivity contribution in [1.82, 2.24) is 5.32 Å². The van der Waals surface area contributed by atoms with Gasteiger partial charge in [-0.2, -0.15) is 0 Å². The molecule has 2 aliphatic heterocycles. The maximum absolute atomic E-state index is 12.4. The van der Waals surface area contributed by atoms with Crippen LogP contribution in [0.4, 0.5) is 0 Å². The molecule has 0 aliphatic carbocycles. The monoisotopic (exact) mass is 277 g/mol. The molecule has 0 aromatic carbocycles. The highest BCUT2D eigenvalue weighted by Crippen LogP contribution is 2.22. The molecule has 0 aromatic heterocycles. The van der Waals surface area contributed by atoms with Crippen LogP contribution in [0.2, 0.25) is 0 Å². The highest BCUT2D eigenvalue weighted by atomic mass is 32.2. The first-order chi connectivity index (χ1) is 8.63. The summed E-state index contributed by atoms with van der Waals surface area (Å²) in [5.74, 6) is 0.548. The normalized spacial score (nSPS) is 28.4. The van der Waals surface area contributed by atoms with Crippen molar-refractivity contribution in [3.05, 3.63) is 0 Å². The van der Waals surface area contributed by atoms with Crippen molar-refractivity contribution < 1.29 is 17.9 Å². The molecule has 0 bridgehead atoms. The van der Waals surface area contributed by atoms with Gasteiger partial charge in [0.2, 0.25) is 0 Å². The van der Waals surface area contributed by atoms with E-state index in [0.29, 0.717) is 38.6 Å². The molecular formula is C12H23NO4S. The molecule has 106 valence electrons. The minimum atomic E-state index is -3.03. The second kappa shape index (κ2) is 6.32. The fraction of sp³-hybridized carbons (Fsp3) is 1.00. The summed E-state index contributed by atoms with van der Waals surface area (Å²) in [7, 11) is -1.19. The van der Waals surface area contributed by atoms with Crippen LogP contribution in [0, 0.1) is 5.92 Å². The summed E-state index contributed by atoms with van der Waals surface area (Å²) in [6.07, 6.45) is 2.23. The highest BCUT2D eigenvalue weighted by molar-refractivity contribution is 7.92. The Morgan fingerprint density at radius 2 is 1.83 bits per heavy atom. The molecular weight excluding hydrogens is 254 g/mol. The SMILES string of the molecule is CNC(CS(=O)(=O)C1CCOCC1)C1CCOC1. The van der Waals surface area contributed by atoms with E-state index in [4.69, 9.17) is 9.47 Å². The Kier molecular flexibility index (Phi) is 5.00. The van der Waals surface area contributed by atoms with Crippen molar-refractivity contribution in [3.8, 4) is 0 Å². The molecule has 2 aliphatic rings. The largest absolute Gasteiger partial charge is 0.381 e. The summed E-state index contributed by atoms with van der Waals surface area (Å²) < 4.78 is 35.3. The summed E-state index contributed by atoms with van der Waals surface area (Å²) in [4.78, 5) is 0. The van der Waals surface area contributed by atoms with Crippen LogP contribution in [0.1, 0.15) is 19.3 Å². The van der Waals surface area contributed by atoms with Gasteiger partial charge >= 0.3 is 0 Å². The molecule has 0 aromatic rings. The van der Waals surface area contributed by atoms with Crippen molar-refractivity contribution in [2.45, 2.75) is 30.6 Å². The molecule has 2 saturated heterocycles. The van der Waals surface area contributed by atoms with Crippen molar-refractivity contribution in [1.29, 1.82) is 0 Å². The van der Waals surface area contributed by atoms with E-state index in [-0.39, 0.29) is 17.0 Å². The van der Waals surface area contributed by atoms with E-state index in [9.17, 15) is 8.42 Å². The first-order valence-electron chi connectivity index (χ1n) is 6.68. The van der Waals surface area contributed by atoms with E-state index in [2.05, 4.69) is 5.32 Å². The van der Waals surface area contributed by atoms with Gasteiger partial charge in [0.05, 0.1) is 17.6 Å². The second-order valence-electron chi connectivity index (χ2n) is 5.16. The lowest BCUT2D eigenvalue weighted by Crippen LogP contribution is -2.43. The van der Waals surface area contributed by atoms with Crippen LogP contribution >= 0.6 is 0 Å². The van der Waals surface area contributed by atoms with E-state index in [1.54, 1.807) is 0 Å². The van der Waals surface area contributed by atoms with Crippen molar-refractivity contribution >= 4 is 9.84 Å². The molecule has 0 radical (unpaired) electrons. The summed E-state index contributed by atoms with van der Waals surface area (Å²) in [6, 6.07) is 0.0142. The van der Waals surface area contributed by atoms with Gasteiger partial charge in [0, 0.05) is 31.8 Å². The van der Waals surface area contributed by atoms with E-state index in [1.807, 2.05) is 7.05 Å². The average Bonchev–Trinajstić information content (AvgIpc) is 2.91. The predicted molar refractivity (Wildman–Crippen MR) is 69.4 cm³/mol. The lowest BCUT2D eigenvalue weighted by Gasteiger charge is -2.27. The van der Waals surface area contributed by atoms with E-state index >= 15 is 0 Å². The Balaban J connectivity index is 1.96. The minimum Gasteiger partial charge on any atom is -0.381 e. The van der Waals surface area contributed by atoms with Crippen molar-refractivity contribution in [2.24, 2.45) is 5.92 Å². The third-order valence-corrected chi connectivity index (χ3v) is 6.30. The third kappa shape index (κ3) is 3.44. The Hall–Kier alpha value is -0.170. The second-order valence-corrected chi connectivity index (χ2v) is 7.49. The van der Waals surface area contributed by atoms with Crippen LogP contribution in [0.25, 0.3) is 0 Å². The lowest BCUT2D eigenvalue weighted by atomic mass is 10.0. The van der Waals surface area contributed by atoms with Crippen LogP contribution in [0.5, 0.6) is 0 Å². The smallest absolute Gasteiger partial charge is 0.154 e. The van der Waals surface area contributed by atoms with Crippen LogP contribution in [-0.4, -0.2) is 58.9 Å². The highest BCUT2D eigenvalue weighted by Gasteiger charge is 2.33. The van der Waals surface area contributed by atoms with Crippen molar-refractivity contribution in [2.75, 3.05) is 39.2 Å². The quantitative estimate of drug-likeness (QED) is 0.778. The molecule has 0 amide bonds. The number of ether oxygens (including phenoxy) is 2. The summed E-state index contributed by atoms with van der Waals surface area (Å²) >= 11 is 0. The molecule has 0 spiro atoms. The molecule has 2 rings (SSSR count). The van der Waals surface area contributed by atoms with Gasteiger partial charge in [0.15, 0.2) is 9.84 Å². The number of hydrogen-bond acceptors (Lipinski definition) is 5. The molecule has 2 atom stereocenters. The molecule has 6 heteroatoms. The standard InChI is InChI=1S/C12H23NO4S/c1-13-12(10-2-5-17-8-10)9-18(14,15)11-3-6-16-7-4-11/h10-13H,2-9H2,1H3. The minimum absolute atomic E-state index is 0.0142. The first kappa shape index (κ1) is 14.2. The fourth-order valence-electron chi connectivity index (χ4n) is 2.75. The number of sulfone groups is 1. The zero-order valence-electron chi connectivity index (χ0n) is 10.9. The van der Waals surface area contributed by atoms with Gasteiger partial charge < -0.3 is 14.8 Å². The zero-order chi connectivity index (χ0) is 13.0. The van der Waals surface area contributed by atoms with Gasteiger partial charge in [-0.05, 0) is 26.3 Å². The van der Waals surface area contributed by atoms with Gasteiger partial charge in [0.1, 0.15) is 0 Å². The molecule has 2 heterocycles. The fourth-order valence-corrected chi connectivity index (χ4v) is 4.87. The van der Waals surface area contributed by atoms with Gasteiger partial charge in [0.25, 0.3) is 0 Å². The molecule has 2 unspecified atom stereocenters. The third-order valence-electron chi connectivity index (χ3n) is 3.99. The lowest BCUT2D eigenvalue weighted by molar-refractivity contribution is 0.0982. The Morgan fingerprint density at radius 1 is 1.17 bits per heavy atom. The molecule has 0 saturated carbocycles. The maximum atomic E-state index is 12.4. The molecule has 2 fully saturated rings. The van der Waals surface area contributed by atoms with E-state index < -0.39 is 9.84 Å². The van der Waals surface area contributed by atoms with Gasteiger partial charge in [-0.3, -0.25) is 0 Å². The van der Waals surface area contributed by atoms with E-state index in [1.165, 1.54) is 0 Å². The van der Waals surface area contributed by atoms with Gasteiger partial charge in [-0.1, -0.05) is 0 Å². The zero-order valence-corrected chi connectivity index (χ0v) is 11.7. The predicted octanol–water partition coefficient (Wildman–Crippen LogP) is 0.205. The topological polar surface area (TPSA) is 64.6 Å². The van der Waals surface area contributed by atoms with Crippen LogP contribution in [-0.2, 0) is 19.3 Å². The number of nitrogens with one attached hydrogen (secondary N) is 1. The average molecular weight is 277 g/mol. The molecule has 5 nitrogen and oxygen atoms in total. The Labute approximate surface area is 109 Å². The van der Waals surface area contributed by atoms with Crippen molar-refractivity contribution in [3.63, 3.8) is 0 Å². The molecule has 1 N–H and O–H groups in total. The summed E-state index contributed by atoms with van der Waals surface area (Å²) in [5, 5.41) is 2.93. The van der Waals surface area contributed by atoms with Crippen LogP contribution in [0.15, 0.2) is 0 Å². The van der Waals surface area contributed by atoms with E-state index in [0.717, 1.165) is 13.0 Å². The maximum Gasteiger partial charge on any atom is 0.154 e. The van der Waals surface area contributed by atoms with Crippen LogP contribution < -0.4 is 5.32 Å². The summed E-state index contributed by atoms with van der Waals surface area (Å²) in [5.41, 5.74) is 0. The number of hydrogen-bond donors (Lipinski definition) is 1. The first-order valence-corrected chi connectivity index (χ1v) is 8.39. The molecule has 18 heavy (non-hydrogen) atoms. The summed E-state index contributed by atoms with van der Waals surface area (Å²) in [6.45, 7) is 2.57.